The Hall–Kier alpha value is -0.780. The average Bonchev–Trinajstić information content (AvgIpc) is 2.49. The van der Waals surface area contributed by atoms with Crippen LogP contribution < -0.4 is 10.6 Å². The summed E-state index contributed by atoms with van der Waals surface area (Å²) in [6.07, 6.45) is 2.85. The van der Waals surface area contributed by atoms with Crippen LogP contribution in [0.25, 0.3) is 0 Å². The Bertz CT molecular complexity index is 508. The molecule has 2 heterocycles. The largest absolute Gasteiger partial charge is 0.349 e. The highest BCUT2D eigenvalue weighted by molar-refractivity contribution is 7.99. The molecule has 2 N–H and O–H groups in total. The first-order chi connectivity index (χ1) is 9.74. The summed E-state index contributed by atoms with van der Waals surface area (Å²) in [6.45, 7) is 1.75. The van der Waals surface area contributed by atoms with E-state index in [1.54, 1.807) is 17.8 Å². The topological polar surface area (TPSA) is 41.1 Å². The molecule has 1 amide bonds. The Morgan fingerprint density at radius 3 is 3.00 bits per heavy atom. The minimum absolute atomic E-state index is 0. The summed E-state index contributed by atoms with van der Waals surface area (Å²) >= 11 is 1.73. The Labute approximate surface area is 134 Å². The van der Waals surface area contributed by atoms with E-state index < -0.39 is 0 Å². The predicted octanol–water partition coefficient (Wildman–Crippen LogP) is 2.90. The third-order valence-corrected chi connectivity index (χ3v) is 5.12. The number of carbonyl (C=O) groups excluding carboxylic acids is 1. The highest BCUT2D eigenvalue weighted by atomic mass is 35.5. The lowest BCUT2D eigenvalue weighted by molar-refractivity contribution is -0.126. The van der Waals surface area contributed by atoms with E-state index in [1.165, 1.54) is 6.07 Å². The van der Waals surface area contributed by atoms with E-state index in [9.17, 15) is 9.18 Å². The summed E-state index contributed by atoms with van der Waals surface area (Å²) in [6, 6.07) is 4.82. The molecule has 0 bridgehead atoms. The molecule has 2 atom stereocenters. The van der Waals surface area contributed by atoms with Crippen molar-refractivity contribution in [1.82, 2.24) is 10.6 Å². The molecule has 2 aliphatic heterocycles. The van der Waals surface area contributed by atoms with Crippen molar-refractivity contribution in [3.05, 3.63) is 29.6 Å². The molecular weight excluding hydrogens is 311 g/mol. The Balaban J connectivity index is 0.00000161. The fourth-order valence-corrected chi connectivity index (χ4v) is 3.99. The maximum Gasteiger partial charge on any atom is 0.224 e. The summed E-state index contributed by atoms with van der Waals surface area (Å²) in [5.74, 6) is 0.886. The highest BCUT2D eigenvalue weighted by Gasteiger charge is 2.27. The second kappa shape index (κ2) is 7.47. The second-order valence-electron chi connectivity index (χ2n) is 5.42. The number of thioether (sulfide) groups is 1. The highest BCUT2D eigenvalue weighted by Crippen LogP contribution is 2.36. The molecule has 0 aliphatic carbocycles. The number of fused-ring (bicyclic) bond motifs is 1. The van der Waals surface area contributed by atoms with Crippen LogP contribution in [0.15, 0.2) is 23.1 Å². The number of nitrogens with one attached hydrogen (secondary N) is 2. The van der Waals surface area contributed by atoms with Gasteiger partial charge in [0.05, 0.1) is 12.0 Å². The number of halogens is 2. The fraction of sp³-hybridized carbons (Fsp3) is 0.533. The van der Waals surface area contributed by atoms with Crippen LogP contribution >= 0.6 is 24.2 Å². The van der Waals surface area contributed by atoms with Crippen molar-refractivity contribution in [2.24, 2.45) is 5.92 Å². The molecule has 0 spiro atoms. The number of hydrogen-bond donors (Lipinski definition) is 2. The summed E-state index contributed by atoms with van der Waals surface area (Å²) in [5.41, 5.74) is 0.929. The van der Waals surface area contributed by atoms with Crippen molar-refractivity contribution in [1.29, 1.82) is 0 Å². The van der Waals surface area contributed by atoms with Gasteiger partial charge in [-0.3, -0.25) is 4.79 Å². The van der Waals surface area contributed by atoms with Crippen molar-refractivity contribution in [3.8, 4) is 0 Å². The number of piperidine rings is 1. The molecule has 21 heavy (non-hydrogen) atoms. The normalized spacial score (nSPS) is 24.6. The van der Waals surface area contributed by atoms with Gasteiger partial charge in [0.25, 0.3) is 0 Å². The van der Waals surface area contributed by atoms with Crippen molar-refractivity contribution < 1.29 is 9.18 Å². The van der Waals surface area contributed by atoms with Gasteiger partial charge in [0.2, 0.25) is 5.91 Å². The Morgan fingerprint density at radius 2 is 2.24 bits per heavy atom. The van der Waals surface area contributed by atoms with Gasteiger partial charge in [0, 0.05) is 17.2 Å². The van der Waals surface area contributed by atoms with E-state index >= 15 is 0 Å². The van der Waals surface area contributed by atoms with Crippen LogP contribution in [0.4, 0.5) is 4.39 Å². The summed E-state index contributed by atoms with van der Waals surface area (Å²) in [4.78, 5) is 13.4. The van der Waals surface area contributed by atoms with Gasteiger partial charge < -0.3 is 10.6 Å². The van der Waals surface area contributed by atoms with Crippen LogP contribution in [-0.2, 0) is 4.79 Å². The van der Waals surface area contributed by atoms with Crippen molar-refractivity contribution >= 4 is 30.1 Å². The monoisotopic (exact) mass is 330 g/mol. The number of hydrogen-bond acceptors (Lipinski definition) is 3. The third-order valence-electron chi connectivity index (χ3n) is 4.00. The molecule has 2 unspecified atom stereocenters. The maximum atomic E-state index is 13.4. The zero-order valence-electron chi connectivity index (χ0n) is 11.7. The second-order valence-corrected chi connectivity index (χ2v) is 6.56. The van der Waals surface area contributed by atoms with Gasteiger partial charge in [-0.2, -0.15) is 0 Å². The van der Waals surface area contributed by atoms with Gasteiger partial charge in [-0.25, -0.2) is 4.39 Å². The lowest BCUT2D eigenvalue weighted by Gasteiger charge is -2.29. The average molecular weight is 331 g/mol. The number of amides is 1. The van der Waals surface area contributed by atoms with E-state index in [0.717, 1.165) is 48.6 Å². The van der Waals surface area contributed by atoms with E-state index in [-0.39, 0.29) is 36.1 Å². The standard InChI is InChI=1S/C15H19FN2OS.ClH/c16-11-3-4-14-12(8-11)13(5-7-20-14)18-15(19)10-2-1-6-17-9-10;/h3-4,8,10,13,17H,1-2,5-7,9H2,(H,18,19);1H. The van der Waals surface area contributed by atoms with Gasteiger partial charge in [-0.1, -0.05) is 0 Å². The van der Waals surface area contributed by atoms with Crippen LogP contribution in [0.1, 0.15) is 30.9 Å². The predicted molar refractivity (Wildman–Crippen MR) is 85.5 cm³/mol. The molecule has 116 valence electrons. The maximum absolute atomic E-state index is 13.4. The molecular formula is C15H20ClFN2OS. The summed E-state index contributed by atoms with van der Waals surface area (Å²) < 4.78 is 13.4. The molecule has 6 heteroatoms. The molecule has 2 aliphatic rings. The molecule has 0 saturated carbocycles. The first-order valence-electron chi connectivity index (χ1n) is 7.17. The first-order valence-corrected chi connectivity index (χ1v) is 8.16. The zero-order valence-corrected chi connectivity index (χ0v) is 13.4. The molecule has 0 aromatic heterocycles. The van der Waals surface area contributed by atoms with Crippen molar-refractivity contribution in [2.75, 3.05) is 18.8 Å². The van der Waals surface area contributed by atoms with Gasteiger partial charge in [-0.05, 0) is 49.6 Å². The van der Waals surface area contributed by atoms with Gasteiger partial charge >= 0.3 is 0 Å². The number of benzene rings is 1. The fourth-order valence-electron chi connectivity index (χ4n) is 2.88. The van der Waals surface area contributed by atoms with Crippen LogP contribution in [-0.4, -0.2) is 24.7 Å². The van der Waals surface area contributed by atoms with Crippen LogP contribution in [0.2, 0.25) is 0 Å². The third kappa shape index (κ3) is 3.90. The Kier molecular flexibility index (Phi) is 5.90. The van der Waals surface area contributed by atoms with E-state index in [1.807, 2.05) is 6.07 Å². The van der Waals surface area contributed by atoms with Gasteiger partial charge in [0.1, 0.15) is 5.82 Å². The van der Waals surface area contributed by atoms with Crippen molar-refractivity contribution in [3.63, 3.8) is 0 Å². The molecule has 1 saturated heterocycles. The molecule has 1 aromatic rings. The molecule has 1 fully saturated rings. The number of carbonyl (C=O) groups is 1. The van der Waals surface area contributed by atoms with E-state index in [0.29, 0.717) is 0 Å². The first kappa shape index (κ1) is 16.6. The minimum atomic E-state index is -0.232. The Morgan fingerprint density at radius 1 is 1.38 bits per heavy atom. The quantitative estimate of drug-likeness (QED) is 0.876. The van der Waals surface area contributed by atoms with Gasteiger partial charge in [-0.15, -0.1) is 24.2 Å². The summed E-state index contributed by atoms with van der Waals surface area (Å²) in [5, 5.41) is 6.37. The van der Waals surface area contributed by atoms with Crippen LogP contribution in [0.3, 0.4) is 0 Å². The van der Waals surface area contributed by atoms with Crippen LogP contribution in [0.5, 0.6) is 0 Å². The molecule has 0 radical (unpaired) electrons. The molecule has 3 nitrogen and oxygen atoms in total. The number of rotatable bonds is 2. The SMILES string of the molecule is Cl.O=C(NC1CCSc2ccc(F)cc21)C1CCCNC1. The smallest absolute Gasteiger partial charge is 0.224 e. The lowest BCUT2D eigenvalue weighted by atomic mass is 9.97. The zero-order chi connectivity index (χ0) is 13.9. The lowest BCUT2D eigenvalue weighted by Crippen LogP contribution is -2.42. The molecule has 1 aromatic carbocycles. The molecule has 3 rings (SSSR count). The van der Waals surface area contributed by atoms with Crippen molar-refractivity contribution in [2.45, 2.75) is 30.2 Å². The summed E-state index contributed by atoms with van der Waals surface area (Å²) in [7, 11) is 0. The van der Waals surface area contributed by atoms with E-state index in [4.69, 9.17) is 0 Å². The van der Waals surface area contributed by atoms with E-state index in [2.05, 4.69) is 10.6 Å². The van der Waals surface area contributed by atoms with Gasteiger partial charge in [0.15, 0.2) is 0 Å². The van der Waals surface area contributed by atoms with Crippen LogP contribution in [0, 0.1) is 11.7 Å². The minimum Gasteiger partial charge on any atom is -0.349 e.